The number of hydrogen-bond acceptors (Lipinski definition) is 6. The molecule has 0 aliphatic carbocycles. The van der Waals surface area contributed by atoms with Gasteiger partial charge < -0.3 is 4.74 Å². The minimum atomic E-state index is 0.776. The molecule has 21 heavy (non-hydrogen) atoms. The van der Waals surface area contributed by atoms with Crippen LogP contribution in [-0.2, 0) is 5.75 Å². The van der Waals surface area contributed by atoms with E-state index >= 15 is 0 Å². The molecule has 0 saturated carbocycles. The number of ether oxygens (including phenoxy) is 1. The Bertz CT molecular complexity index is 738. The van der Waals surface area contributed by atoms with Gasteiger partial charge in [-0.15, -0.1) is 21.5 Å². The van der Waals surface area contributed by atoms with Gasteiger partial charge in [0, 0.05) is 11.1 Å². The zero-order valence-electron chi connectivity index (χ0n) is 11.7. The van der Waals surface area contributed by atoms with Crippen LogP contribution < -0.4 is 4.74 Å². The van der Waals surface area contributed by atoms with Crippen molar-refractivity contribution in [3.63, 3.8) is 0 Å². The molecule has 0 aliphatic rings. The summed E-state index contributed by atoms with van der Waals surface area (Å²) in [6.45, 7) is 2.01. The topological polar surface area (TPSA) is 52.8 Å². The molecule has 0 atom stereocenters. The minimum absolute atomic E-state index is 0.776. The SMILES string of the molecule is COc1ccccc1-n1cnnc1SCc1csc(C)n1. The number of methoxy groups -OCH3 is 1. The number of thiazole rings is 1. The van der Waals surface area contributed by atoms with Crippen LogP contribution in [0.1, 0.15) is 10.7 Å². The summed E-state index contributed by atoms with van der Waals surface area (Å²) in [5.41, 5.74) is 2.00. The highest BCUT2D eigenvalue weighted by Crippen LogP contribution is 2.28. The first kappa shape index (κ1) is 14.1. The molecule has 0 fully saturated rings. The number of aryl methyl sites for hydroxylation is 1. The molecule has 108 valence electrons. The van der Waals surface area contributed by atoms with E-state index in [4.69, 9.17) is 4.74 Å². The molecule has 0 amide bonds. The number of hydrogen-bond donors (Lipinski definition) is 0. The molecule has 1 aromatic carbocycles. The molecular weight excluding hydrogens is 304 g/mol. The Hall–Kier alpha value is -1.86. The molecule has 0 saturated heterocycles. The fraction of sp³-hybridized carbons (Fsp3) is 0.214. The van der Waals surface area contributed by atoms with Crippen LogP contribution in [0.15, 0.2) is 41.1 Å². The Morgan fingerprint density at radius 2 is 2.19 bits per heavy atom. The summed E-state index contributed by atoms with van der Waals surface area (Å²) in [7, 11) is 1.66. The summed E-state index contributed by atoms with van der Waals surface area (Å²) < 4.78 is 7.33. The van der Waals surface area contributed by atoms with Crippen LogP contribution in [0.5, 0.6) is 5.75 Å². The van der Waals surface area contributed by atoms with Gasteiger partial charge in [-0.3, -0.25) is 4.57 Å². The van der Waals surface area contributed by atoms with Crippen LogP contribution in [0.4, 0.5) is 0 Å². The molecule has 7 heteroatoms. The van der Waals surface area contributed by atoms with Crippen molar-refractivity contribution in [2.45, 2.75) is 17.8 Å². The normalized spacial score (nSPS) is 10.8. The lowest BCUT2D eigenvalue weighted by atomic mass is 10.3. The summed E-state index contributed by atoms with van der Waals surface area (Å²) in [4.78, 5) is 4.46. The van der Waals surface area contributed by atoms with Crippen molar-refractivity contribution in [3.8, 4) is 11.4 Å². The maximum absolute atomic E-state index is 5.39. The quantitative estimate of drug-likeness (QED) is 0.675. The largest absolute Gasteiger partial charge is 0.495 e. The van der Waals surface area contributed by atoms with Crippen LogP contribution in [0.2, 0.25) is 0 Å². The zero-order chi connectivity index (χ0) is 14.7. The Morgan fingerprint density at radius 3 is 2.95 bits per heavy atom. The first-order chi connectivity index (χ1) is 10.3. The highest BCUT2D eigenvalue weighted by Gasteiger charge is 2.11. The highest BCUT2D eigenvalue weighted by molar-refractivity contribution is 7.98. The van der Waals surface area contributed by atoms with E-state index in [1.54, 1.807) is 36.5 Å². The maximum Gasteiger partial charge on any atom is 0.196 e. The average Bonchev–Trinajstić information content (AvgIpc) is 3.13. The fourth-order valence-corrected chi connectivity index (χ4v) is 3.46. The predicted molar refractivity (Wildman–Crippen MR) is 84.3 cm³/mol. The van der Waals surface area contributed by atoms with Gasteiger partial charge in [0.15, 0.2) is 5.16 Å². The summed E-state index contributed by atoms with van der Waals surface area (Å²) in [6.07, 6.45) is 1.70. The molecule has 0 aliphatic heterocycles. The average molecular weight is 318 g/mol. The zero-order valence-corrected chi connectivity index (χ0v) is 13.3. The van der Waals surface area contributed by atoms with Crippen molar-refractivity contribution < 1.29 is 4.74 Å². The standard InChI is InChI=1S/C14H14N4OS2/c1-10-16-11(7-20-10)8-21-14-17-15-9-18(14)12-5-3-4-6-13(12)19-2/h3-7,9H,8H2,1-2H3. The number of para-hydroxylation sites is 2. The van der Waals surface area contributed by atoms with Gasteiger partial charge in [0.25, 0.3) is 0 Å². The Balaban J connectivity index is 1.83. The smallest absolute Gasteiger partial charge is 0.196 e. The van der Waals surface area contributed by atoms with Gasteiger partial charge in [0.05, 0.1) is 23.5 Å². The third kappa shape index (κ3) is 3.08. The molecule has 0 spiro atoms. The molecule has 0 bridgehead atoms. The van der Waals surface area contributed by atoms with Gasteiger partial charge in [-0.2, -0.15) is 0 Å². The summed E-state index contributed by atoms with van der Waals surface area (Å²) in [6, 6.07) is 7.82. The lowest BCUT2D eigenvalue weighted by molar-refractivity contribution is 0.412. The Labute approximate surface area is 131 Å². The van der Waals surface area contributed by atoms with Crippen LogP contribution in [0, 0.1) is 6.92 Å². The van der Waals surface area contributed by atoms with Gasteiger partial charge in [0.1, 0.15) is 12.1 Å². The molecule has 3 aromatic rings. The van der Waals surface area contributed by atoms with E-state index in [2.05, 4.69) is 20.6 Å². The van der Waals surface area contributed by atoms with Crippen molar-refractivity contribution in [2.24, 2.45) is 0 Å². The predicted octanol–water partition coefficient (Wildman–Crippen LogP) is 3.33. The number of thioether (sulfide) groups is 1. The van der Waals surface area contributed by atoms with Crippen molar-refractivity contribution in [2.75, 3.05) is 7.11 Å². The van der Waals surface area contributed by atoms with Crippen LogP contribution in [0.3, 0.4) is 0 Å². The van der Waals surface area contributed by atoms with Gasteiger partial charge in [-0.1, -0.05) is 23.9 Å². The second-order valence-electron chi connectivity index (χ2n) is 4.30. The molecule has 2 aromatic heterocycles. The lowest BCUT2D eigenvalue weighted by Gasteiger charge is -2.10. The lowest BCUT2D eigenvalue weighted by Crippen LogP contribution is -1.98. The number of benzene rings is 1. The van der Waals surface area contributed by atoms with Gasteiger partial charge in [-0.05, 0) is 19.1 Å². The number of aromatic nitrogens is 4. The first-order valence-corrected chi connectivity index (χ1v) is 8.21. The molecular formula is C14H14N4OS2. The second kappa shape index (κ2) is 6.28. The minimum Gasteiger partial charge on any atom is -0.495 e. The van der Waals surface area contributed by atoms with Gasteiger partial charge in [-0.25, -0.2) is 4.98 Å². The van der Waals surface area contributed by atoms with Gasteiger partial charge >= 0.3 is 0 Å². The van der Waals surface area contributed by atoms with E-state index in [-0.39, 0.29) is 0 Å². The van der Waals surface area contributed by atoms with E-state index in [0.29, 0.717) is 0 Å². The van der Waals surface area contributed by atoms with Crippen LogP contribution in [-0.4, -0.2) is 26.9 Å². The van der Waals surface area contributed by atoms with E-state index in [1.165, 1.54) is 0 Å². The van der Waals surface area contributed by atoms with Gasteiger partial charge in [0.2, 0.25) is 0 Å². The van der Waals surface area contributed by atoms with E-state index in [0.717, 1.165) is 33.0 Å². The first-order valence-electron chi connectivity index (χ1n) is 6.35. The van der Waals surface area contributed by atoms with E-state index in [9.17, 15) is 0 Å². The van der Waals surface area contributed by atoms with Crippen LogP contribution in [0.25, 0.3) is 5.69 Å². The molecule has 0 N–H and O–H groups in total. The van der Waals surface area contributed by atoms with Crippen molar-refractivity contribution in [3.05, 3.63) is 46.7 Å². The molecule has 3 rings (SSSR count). The van der Waals surface area contributed by atoms with E-state index < -0.39 is 0 Å². The molecule has 2 heterocycles. The second-order valence-corrected chi connectivity index (χ2v) is 6.31. The summed E-state index contributed by atoms with van der Waals surface area (Å²) in [5.74, 6) is 1.57. The molecule has 0 radical (unpaired) electrons. The maximum atomic E-state index is 5.39. The Kier molecular flexibility index (Phi) is 4.21. The van der Waals surface area contributed by atoms with Crippen molar-refractivity contribution >= 4 is 23.1 Å². The Morgan fingerprint density at radius 1 is 1.33 bits per heavy atom. The third-order valence-corrected chi connectivity index (χ3v) is 4.68. The number of nitrogens with zero attached hydrogens (tertiary/aromatic N) is 4. The monoisotopic (exact) mass is 318 g/mol. The van der Waals surface area contributed by atoms with Crippen molar-refractivity contribution in [1.29, 1.82) is 0 Å². The van der Waals surface area contributed by atoms with Crippen molar-refractivity contribution in [1.82, 2.24) is 19.7 Å². The summed E-state index contributed by atoms with van der Waals surface area (Å²) >= 11 is 3.27. The molecule has 0 unspecified atom stereocenters. The third-order valence-electron chi connectivity index (χ3n) is 2.88. The fourth-order valence-electron chi connectivity index (χ4n) is 1.93. The highest BCUT2D eigenvalue weighted by atomic mass is 32.2. The van der Waals surface area contributed by atoms with E-state index in [1.807, 2.05) is 35.8 Å². The van der Waals surface area contributed by atoms with Crippen LogP contribution >= 0.6 is 23.1 Å². The summed E-state index contributed by atoms with van der Waals surface area (Å²) in [5, 5.41) is 12.2. The molecule has 5 nitrogen and oxygen atoms in total. The number of rotatable bonds is 5.